The van der Waals surface area contributed by atoms with Crippen LogP contribution in [0.5, 0.6) is 0 Å². The summed E-state index contributed by atoms with van der Waals surface area (Å²) in [7, 11) is 4.09. The van der Waals surface area contributed by atoms with Crippen molar-refractivity contribution < 1.29 is 0 Å². The van der Waals surface area contributed by atoms with Crippen LogP contribution in [-0.4, -0.2) is 28.8 Å². The maximum Gasteiger partial charge on any atom is 0.174 e. The molecule has 7 heteroatoms. The van der Waals surface area contributed by atoms with Gasteiger partial charge < -0.3 is 19.7 Å². The molecule has 0 spiro atoms. The van der Waals surface area contributed by atoms with Gasteiger partial charge in [0.1, 0.15) is 6.04 Å². The van der Waals surface area contributed by atoms with E-state index in [1.807, 2.05) is 62.8 Å². The second kappa shape index (κ2) is 8.89. The molecule has 0 radical (unpaired) electrons. The Morgan fingerprint density at radius 2 is 1.64 bits per heavy atom. The Balaban J connectivity index is 1.63. The highest BCUT2D eigenvalue weighted by atomic mass is 35.5. The zero-order valence-electron chi connectivity index (χ0n) is 18.4. The number of hydrogen-bond acceptors (Lipinski definition) is 3. The van der Waals surface area contributed by atoms with Crippen molar-refractivity contribution in [2.24, 2.45) is 0 Å². The average molecular weight is 474 g/mol. The smallest absolute Gasteiger partial charge is 0.174 e. The van der Waals surface area contributed by atoms with Crippen molar-refractivity contribution in [2.75, 3.05) is 23.9 Å². The van der Waals surface area contributed by atoms with Crippen LogP contribution in [-0.2, 0) is 0 Å². The maximum atomic E-state index is 6.17. The summed E-state index contributed by atoms with van der Waals surface area (Å²) in [5.41, 5.74) is 5.29. The standard InChI is InChI=1S/C26H24ClN5S/c1-30(2)19-12-14-20(15-13-19)31-17-5-7-23(31)25-24(22-6-3-4-16-28-22)29-26(33)32(25)21-10-8-18(27)9-11-21/h3-17,24-25H,1-2H3,(H,29,33)/t24-,25-/m0/s1. The largest absolute Gasteiger partial charge is 0.378 e. The molecule has 0 saturated carbocycles. The minimum atomic E-state index is -0.107. The second-order valence-corrected chi connectivity index (χ2v) is 9.01. The number of thiocarbonyl (C=S) groups is 1. The fourth-order valence-corrected chi connectivity index (χ4v) is 4.79. The highest BCUT2D eigenvalue weighted by molar-refractivity contribution is 7.80. The van der Waals surface area contributed by atoms with Crippen LogP contribution in [0.15, 0.2) is 91.3 Å². The third-order valence-corrected chi connectivity index (χ3v) is 6.50. The van der Waals surface area contributed by atoms with Crippen LogP contribution in [0.2, 0.25) is 5.02 Å². The van der Waals surface area contributed by atoms with Gasteiger partial charge in [0.25, 0.3) is 0 Å². The van der Waals surface area contributed by atoms with Crippen molar-refractivity contribution in [1.29, 1.82) is 0 Å². The summed E-state index contributed by atoms with van der Waals surface area (Å²) in [6.45, 7) is 0. The van der Waals surface area contributed by atoms with E-state index in [1.165, 1.54) is 0 Å². The van der Waals surface area contributed by atoms with E-state index in [0.717, 1.165) is 28.5 Å². The van der Waals surface area contributed by atoms with Gasteiger partial charge in [0, 0.05) is 54.3 Å². The molecule has 5 rings (SSSR count). The number of hydrogen-bond donors (Lipinski definition) is 1. The molecule has 166 valence electrons. The maximum absolute atomic E-state index is 6.17. The van der Waals surface area contributed by atoms with Crippen LogP contribution >= 0.6 is 23.8 Å². The number of nitrogens with zero attached hydrogens (tertiary/aromatic N) is 4. The molecule has 0 amide bonds. The third kappa shape index (κ3) is 4.08. The zero-order chi connectivity index (χ0) is 22.9. The second-order valence-electron chi connectivity index (χ2n) is 8.19. The lowest BCUT2D eigenvalue weighted by atomic mass is 10.0. The first kappa shape index (κ1) is 21.5. The van der Waals surface area contributed by atoms with Crippen LogP contribution in [0, 0.1) is 0 Å². The molecule has 5 nitrogen and oxygen atoms in total. The molecule has 1 N–H and O–H groups in total. The van der Waals surface area contributed by atoms with Crippen molar-refractivity contribution in [2.45, 2.75) is 12.1 Å². The number of rotatable bonds is 5. The summed E-state index contributed by atoms with van der Waals surface area (Å²) >= 11 is 12.0. The minimum Gasteiger partial charge on any atom is -0.378 e. The van der Waals surface area contributed by atoms with Gasteiger partial charge in [-0.05, 0) is 85.0 Å². The first-order valence-corrected chi connectivity index (χ1v) is 11.5. The van der Waals surface area contributed by atoms with E-state index >= 15 is 0 Å². The normalized spacial score (nSPS) is 17.8. The first-order valence-electron chi connectivity index (χ1n) is 10.7. The predicted molar refractivity (Wildman–Crippen MR) is 139 cm³/mol. The number of aromatic nitrogens is 2. The molecular weight excluding hydrogens is 450 g/mol. The SMILES string of the molecule is CN(C)c1ccc(-n2cccc2[C@H]2[C@H](c3ccccn3)NC(=S)N2c2ccc(Cl)cc2)cc1. The fraction of sp³-hybridized carbons (Fsp3) is 0.154. The van der Waals surface area contributed by atoms with Crippen molar-refractivity contribution in [1.82, 2.24) is 14.9 Å². The van der Waals surface area contributed by atoms with Crippen molar-refractivity contribution in [3.05, 3.63) is 108 Å². The molecule has 1 saturated heterocycles. The van der Waals surface area contributed by atoms with Crippen LogP contribution in [0.1, 0.15) is 23.5 Å². The van der Waals surface area contributed by atoms with E-state index in [4.69, 9.17) is 23.8 Å². The average Bonchev–Trinajstić information content (AvgIpc) is 3.44. The number of benzene rings is 2. The first-order chi connectivity index (χ1) is 16.0. The van der Waals surface area contributed by atoms with E-state index in [2.05, 4.69) is 67.3 Å². The molecular formula is C26H24ClN5S. The highest BCUT2D eigenvalue weighted by Crippen LogP contribution is 2.42. The summed E-state index contributed by atoms with van der Waals surface area (Å²) in [5.74, 6) is 0. The van der Waals surface area contributed by atoms with Gasteiger partial charge >= 0.3 is 0 Å². The lowest BCUT2D eigenvalue weighted by molar-refractivity contribution is 0.549. The predicted octanol–water partition coefficient (Wildman–Crippen LogP) is 5.77. The van der Waals surface area contributed by atoms with E-state index in [0.29, 0.717) is 10.1 Å². The van der Waals surface area contributed by atoms with Crippen molar-refractivity contribution in [3.8, 4) is 5.69 Å². The Kier molecular flexibility index (Phi) is 5.79. The topological polar surface area (TPSA) is 36.3 Å². The van der Waals surface area contributed by atoms with Crippen molar-refractivity contribution >= 4 is 40.3 Å². The monoisotopic (exact) mass is 473 g/mol. The molecule has 33 heavy (non-hydrogen) atoms. The highest BCUT2D eigenvalue weighted by Gasteiger charge is 2.42. The van der Waals surface area contributed by atoms with Crippen LogP contribution < -0.4 is 15.1 Å². The van der Waals surface area contributed by atoms with E-state index in [-0.39, 0.29) is 12.1 Å². The van der Waals surface area contributed by atoms with Gasteiger partial charge in [0.05, 0.1) is 11.7 Å². The Morgan fingerprint density at radius 3 is 2.30 bits per heavy atom. The molecule has 0 bridgehead atoms. The Bertz CT molecular complexity index is 1250. The Hall–Kier alpha value is -3.35. The lowest BCUT2D eigenvalue weighted by Crippen LogP contribution is -2.30. The summed E-state index contributed by atoms with van der Waals surface area (Å²) in [4.78, 5) is 8.90. The molecule has 1 aliphatic rings. The van der Waals surface area contributed by atoms with Gasteiger partial charge in [0.15, 0.2) is 5.11 Å². The lowest BCUT2D eigenvalue weighted by Gasteiger charge is -2.29. The van der Waals surface area contributed by atoms with E-state index < -0.39 is 0 Å². The van der Waals surface area contributed by atoms with E-state index in [1.54, 1.807) is 0 Å². The molecule has 3 heterocycles. The Morgan fingerprint density at radius 1 is 0.909 bits per heavy atom. The summed E-state index contributed by atoms with van der Waals surface area (Å²) in [5, 5.41) is 4.87. The van der Waals surface area contributed by atoms with Gasteiger partial charge in [-0.15, -0.1) is 0 Å². The molecule has 2 aromatic carbocycles. The van der Waals surface area contributed by atoms with Crippen LogP contribution in [0.25, 0.3) is 5.69 Å². The number of anilines is 2. The van der Waals surface area contributed by atoms with Gasteiger partial charge in [-0.3, -0.25) is 4.98 Å². The Labute approximate surface area is 204 Å². The molecule has 4 aromatic rings. The number of halogens is 1. The van der Waals surface area contributed by atoms with Gasteiger partial charge in [-0.25, -0.2) is 0 Å². The van der Waals surface area contributed by atoms with Crippen molar-refractivity contribution in [3.63, 3.8) is 0 Å². The van der Waals surface area contributed by atoms with Gasteiger partial charge in [-0.2, -0.15) is 0 Å². The molecule has 2 atom stereocenters. The third-order valence-electron chi connectivity index (χ3n) is 5.93. The van der Waals surface area contributed by atoms with E-state index in [9.17, 15) is 0 Å². The fourth-order valence-electron chi connectivity index (χ4n) is 4.32. The molecule has 1 aliphatic heterocycles. The summed E-state index contributed by atoms with van der Waals surface area (Å²) in [6, 6.07) is 26.3. The molecule has 0 unspecified atom stereocenters. The van der Waals surface area contributed by atoms with Gasteiger partial charge in [-0.1, -0.05) is 17.7 Å². The molecule has 0 aliphatic carbocycles. The summed E-state index contributed by atoms with van der Waals surface area (Å²) < 4.78 is 2.22. The quantitative estimate of drug-likeness (QED) is 0.372. The molecule has 1 fully saturated rings. The minimum absolute atomic E-state index is 0.0999. The zero-order valence-corrected chi connectivity index (χ0v) is 20.0. The number of pyridine rings is 1. The van der Waals surface area contributed by atoms with Crippen LogP contribution in [0.4, 0.5) is 11.4 Å². The van der Waals surface area contributed by atoms with Crippen LogP contribution in [0.3, 0.4) is 0 Å². The summed E-state index contributed by atoms with van der Waals surface area (Å²) in [6.07, 6.45) is 3.91. The molecule has 2 aromatic heterocycles. The van der Waals surface area contributed by atoms with Gasteiger partial charge in [0.2, 0.25) is 0 Å². The number of nitrogens with one attached hydrogen (secondary N) is 1.